The van der Waals surface area contributed by atoms with E-state index in [4.69, 9.17) is 16.7 Å². The van der Waals surface area contributed by atoms with E-state index in [1.165, 1.54) is 41.5 Å². The molecule has 3 N–H and O–H groups in total. The molecule has 0 radical (unpaired) electrons. The maximum absolute atomic E-state index is 13.2. The number of hydrogen-bond donors (Lipinski definition) is 3. The van der Waals surface area contributed by atoms with Gasteiger partial charge in [0, 0.05) is 16.3 Å². The zero-order chi connectivity index (χ0) is 27.1. The summed E-state index contributed by atoms with van der Waals surface area (Å²) in [6, 6.07) is 11.0. The van der Waals surface area contributed by atoms with E-state index in [0.29, 0.717) is 39.0 Å². The highest BCUT2D eigenvalue weighted by atomic mass is 35.5. The molecule has 3 aromatic rings. The number of carbonyl (C=O) groups is 2. The quantitative estimate of drug-likeness (QED) is 0.182. The second kappa shape index (κ2) is 12.1. The van der Waals surface area contributed by atoms with Crippen LogP contribution < -0.4 is 10.8 Å². The Labute approximate surface area is 223 Å². The number of aromatic nitrogens is 4. The maximum atomic E-state index is 13.2. The first-order valence-electron chi connectivity index (χ1n) is 11.7. The van der Waals surface area contributed by atoms with Crippen molar-refractivity contribution in [3.63, 3.8) is 0 Å². The summed E-state index contributed by atoms with van der Waals surface area (Å²) in [4.78, 5) is 24.3. The molecule has 38 heavy (non-hydrogen) atoms. The molecule has 10 nitrogen and oxygen atoms in total. The number of tetrazole rings is 1. The Morgan fingerprint density at radius 2 is 1.95 bits per heavy atom. The second-order valence-electron chi connectivity index (χ2n) is 8.61. The topological polar surface area (TPSA) is 145 Å². The maximum Gasteiger partial charge on any atom is 0.335 e. The van der Waals surface area contributed by atoms with Crippen LogP contribution in [-0.2, 0) is 4.79 Å². The van der Waals surface area contributed by atoms with Crippen LogP contribution in [0.5, 0.6) is 0 Å². The molecule has 11 heteroatoms. The van der Waals surface area contributed by atoms with Crippen molar-refractivity contribution in [1.29, 1.82) is 0 Å². The number of amides is 1. The van der Waals surface area contributed by atoms with Crippen LogP contribution in [0, 0.1) is 17.0 Å². The SMILES string of the molecule is C=C(/C=C\C(=C/N[O-])c1cc(Cl)ccc1-n1cnnn1)C(/C=C/C1CC1)C(=O)Nc1ccc(C(=O)O)cc1. The largest absolute Gasteiger partial charge is 0.761 e. The van der Waals surface area contributed by atoms with Crippen LogP contribution in [0.1, 0.15) is 28.8 Å². The molecule has 1 heterocycles. The zero-order valence-electron chi connectivity index (χ0n) is 20.1. The Hall–Kier alpha value is -4.54. The molecule has 4 rings (SSSR count). The number of carbonyl (C=O) groups excluding carboxylic acids is 1. The number of carboxylic acid groups (broad SMARTS) is 1. The van der Waals surface area contributed by atoms with E-state index in [0.717, 1.165) is 12.8 Å². The fourth-order valence-corrected chi connectivity index (χ4v) is 3.82. The predicted octanol–water partition coefficient (Wildman–Crippen LogP) is 4.78. The van der Waals surface area contributed by atoms with Gasteiger partial charge in [-0.1, -0.05) is 42.5 Å². The number of nitrogens with zero attached hydrogens (tertiary/aromatic N) is 4. The molecule has 1 atom stereocenters. The third kappa shape index (κ3) is 6.81. The number of aromatic carboxylic acids is 1. The molecule has 1 fully saturated rings. The van der Waals surface area contributed by atoms with Crippen LogP contribution in [0.4, 0.5) is 5.69 Å². The molecule has 1 saturated carbocycles. The summed E-state index contributed by atoms with van der Waals surface area (Å²) in [5.41, 5.74) is 4.47. The van der Waals surface area contributed by atoms with Crippen molar-refractivity contribution in [2.24, 2.45) is 11.8 Å². The fraction of sp³-hybridized carbons (Fsp3) is 0.148. The van der Waals surface area contributed by atoms with Gasteiger partial charge in [-0.2, -0.15) is 4.68 Å². The van der Waals surface area contributed by atoms with Crippen molar-refractivity contribution >= 4 is 34.7 Å². The van der Waals surface area contributed by atoms with Crippen LogP contribution in [0.15, 0.2) is 91.4 Å². The van der Waals surface area contributed by atoms with Gasteiger partial charge in [0.1, 0.15) is 6.33 Å². The highest BCUT2D eigenvalue weighted by molar-refractivity contribution is 6.30. The second-order valence-corrected chi connectivity index (χ2v) is 9.05. The number of allylic oxidation sites excluding steroid dienone is 4. The van der Waals surface area contributed by atoms with Crippen molar-refractivity contribution in [3.05, 3.63) is 113 Å². The summed E-state index contributed by atoms with van der Waals surface area (Å²) in [5.74, 6) is -1.65. The molecule has 2 aromatic carbocycles. The number of rotatable bonds is 11. The zero-order valence-corrected chi connectivity index (χ0v) is 20.9. The fourth-order valence-electron chi connectivity index (χ4n) is 3.64. The number of carboxylic acids is 1. The molecule has 1 unspecified atom stereocenters. The highest BCUT2D eigenvalue weighted by Gasteiger charge is 2.22. The van der Waals surface area contributed by atoms with Gasteiger partial charge in [0.25, 0.3) is 0 Å². The summed E-state index contributed by atoms with van der Waals surface area (Å²) in [6.07, 6.45) is 11.9. The molecule has 194 valence electrons. The van der Waals surface area contributed by atoms with Crippen molar-refractivity contribution in [3.8, 4) is 5.69 Å². The van der Waals surface area contributed by atoms with E-state index in [2.05, 4.69) is 27.4 Å². The summed E-state index contributed by atoms with van der Waals surface area (Å²) in [7, 11) is 0. The number of anilines is 1. The van der Waals surface area contributed by atoms with Gasteiger partial charge in [-0.05, 0) is 89.0 Å². The molecule has 0 spiro atoms. The third-order valence-electron chi connectivity index (χ3n) is 5.84. The van der Waals surface area contributed by atoms with Crippen LogP contribution in [0.25, 0.3) is 11.3 Å². The highest BCUT2D eigenvalue weighted by Crippen LogP contribution is 2.32. The molecule has 1 aliphatic carbocycles. The minimum atomic E-state index is -1.05. The van der Waals surface area contributed by atoms with Gasteiger partial charge in [0.2, 0.25) is 5.91 Å². The van der Waals surface area contributed by atoms with E-state index >= 15 is 0 Å². The van der Waals surface area contributed by atoms with Crippen molar-refractivity contribution in [2.45, 2.75) is 12.8 Å². The molecular formula is C27H24ClN6O4-. The molecule has 0 bridgehead atoms. The Bertz CT molecular complexity index is 1410. The van der Waals surface area contributed by atoms with E-state index in [1.807, 2.05) is 12.2 Å². The number of nitrogens with one attached hydrogen (secondary N) is 2. The summed E-state index contributed by atoms with van der Waals surface area (Å²) in [5, 5.41) is 35.0. The first-order chi connectivity index (χ1) is 18.4. The van der Waals surface area contributed by atoms with Gasteiger partial charge in [-0.15, -0.1) is 5.10 Å². The number of benzene rings is 2. The summed E-state index contributed by atoms with van der Waals surface area (Å²) in [6.45, 7) is 4.10. The van der Waals surface area contributed by atoms with Gasteiger partial charge in [-0.25, -0.2) is 4.79 Å². The summed E-state index contributed by atoms with van der Waals surface area (Å²) < 4.78 is 1.44. The van der Waals surface area contributed by atoms with Gasteiger partial charge in [0.05, 0.1) is 17.2 Å². The van der Waals surface area contributed by atoms with Crippen LogP contribution in [-0.4, -0.2) is 37.2 Å². The van der Waals surface area contributed by atoms with E-state index < -0.39 is 11.9 Å². The minimum Gasteiger partial charge on any atom is -0.761 e. The smallest absolute Gasteiger partial charge is 0.335 e. The molecular weight excluding hydrogens is 508 g/mol. The van der Waals surface area contributed by atoms with Gasteiger partial charge in [0.15, 0.2) is 0 Å². The van der Waals surface area contributed by atoms with Crippen molar-refractivity contribution in [2.75, 3.05) is 5.32 Å². The normalized spacial score (nSPS) is 14.5. The lowest BCUT2D eigenvalue weighted by atomic mass is 9.95. The Kier molecular flexibility index (Phi) is 8.47. The molecule has 1 aliphatic rings. The monoisotopic (exact) mass is 531 g/mol. The van der Waals surface area contributed by atoms with Gasteiger partial charge < -0.3 is 21.1 Å². The first kappa shape index (κ1) is 26.5. The molecule has 1 amide bonds. The molecule has 0 aliphatic heterocycles. The lowest BCUT2D eigenvalue weighted by Gasteiger charge is -2.16. The summed E-state index contributed by atoms with van der Waals surface area (Å²) >= 11 is 6.24. The van der Waals surface area contributed by atoms with E-state index in [-0.39, 0.29) is 11.5 Å². The molecule has 1 aromatic heterocycles. The minimum absolute atomic E-state index is 0.119. The van der Waals surface area contributed by atoms with Gasteiger partial charge in [-0.3, -0.25) is 4.79 Å². The number of halogens is 1. The van der Waals surface area contributed by atoms with E-state index in [1.54, 1.807) is 35.8 Å². The standard InChI is InChI=1S/C27H24ClN6O4/c1-17(2-6-20(15-30-38)24-14-21(28)9-13-25(24)34-16-29-32-33-34)23(12-5-18-3-4-18)26(35)31-22-10-7-19(8-11-22)27(36)37/h2,5-16,18,23,30H,1,3-4H2,(H,31,35)(H,36,37)/q-1/b6-2-,12-5+,20-15+. The molecule has 0 saturated heterocycles. The van der Waals surface area contributed by atoms with Crippen molar-refractivity contribution < 1.29 is 14.7 Å². The van der Waals surface area contributed by atoms with Crippen LogP contribution in [0.2, 0.25) is 5.02 Å². The third-order valence-corrected chi connectivity index (χ3v) is 6.07. The Balaban J connectivity index is 1.59. The number of hydrogen-bond acceptors (Lipinski definition) is 7. The lowest BCUT2D eigenvalue weighted by Crippen LogP contribution is -2.22. The average Bonchev–Trinajstić information content (AvgIpc) is 3.57. The van der Waals surface area contributed by atoms with Crippen LogP contribution >= 0.6 is 11.6 Å². The number of hydroxylamine groups is 1. The first-order valence-corrected chi connectivity index (χ1v) is 12.0. The van der Waals surface area contributed by atoms with Crippen molar-refractivity contribution in [1.82, 2.24) is 25.7 Å². The Morgan fingerprint density at radius 1 is 1.18 bits per heavy atom. The average molecular weight is 532 g/mol. The van der Waals surface area contributed by atoms with Crippen LogP contribution in [0.3, 0.4) is 0 Å². The predicted molar refractivity (Wildman–Crippen MR) is 144 cm³/mol. The van der Waals surface area contributed by atoms with E-state index in [9.17, 15) is 14.8 Å². The lowest BCUT2D eigenvalue weighted by molar-refractivity contribution is -0.117. The Morgan fingerprint density at radius 3 is 2.58 bits per heavy atom. The van der Waals surface area contributed by atoms with Gasteiger partial charge >= 0.3 is 5.97 Å².